The fraction of sp³-hybridized carbons (Fsp3) is 0.600. The van der Waals surface area contributed by atoms with Gasteiger partial charge in [-0.05, 0) is 37.0 Å². The Labute approximate surface area is 156 Å². The molecule has 1 aromatic rings. The van der Waals surface area contributed by atoms with E-state index in [2.05, 4.69) is 28.7 Å². The Morgan fingerprint density at radius 1 is 1.19 bits per heavy atom. The molecular formula is C20H29N5O. The lowest BCUT2D eigenvalue weighted by Gasteiger charge is -2.24. The molecule has 2 heterocycles. The Hall–Kier alpha value is -1.94. The van der Waals surface area contributed by atoms with Crippen LogP contribution in [0.1, 0.15) is 43.7 Å². The first-order chi connectivity index (χ1) is 12.7. The normalized spacial score (nSPS) is 24.2. The molecule has 1 aromatic carbocycles. The molecule has 0 spiro atoms. The quantitative estimate of drug-likeness (QED) is 0.840. The van der Waals surface area contributed by atoms with Gasteiger partial charge in [0.2, 0.25) is 5.91 Å². The van der Waals surface area contributed by atoms with Crippen molar-refractivity contribution in [3.8, 4) is 6.07 Å². The lowest BCUT2D eigenvalue weighted by molar-refractivity contribution is -0.133. The molecule has 1 amide bonds. The molecule has 0 aliphatic carbocycles. The molecule has 2 N–H and O–H groups in total. The summed E-state index contributed by atoms with van der Waals surface area (Å²) in [6.45, 7) is 6.55. The van der Waals surface area contributed by atoms with Crippen LogP contribution in [0.2, 0.25) is 0 Å². The van der Waals surface area contributed by atoms with Gasteiger partial charge in [-0.1, -0.05) is 25.5 Å². The Kier molecular flexibility index (Phi) is 6.62. The Bertz CT molecular complexity index is 639. The Morgan fingerprint density at radius 2 is 2.00 bits per heavy atom. The van der Waals surface area contributed by atoms with Crippen LogP contribution in [0.25, 0.3) is 0 Å². The third-order valence-electron chi connectivity index (χ3n) is 5.31. The summed E-state index contributed by atoms with van der Waals surface area (Å²) < 4.78 is 0. The number of carbonyl (C=O) groups is 1. The predicted octanol–water partition coefficient (Wildman–Crippen LogP) is 1.63. The fourth-order valence-electron chi connectivity index (χ4n) is 3.83. The topological polar surface area (TPSA) is 71.4 Å². The summed E-state index contributed by atoms with van der Waals surface area (Å²) in [5.41, 5.74) is 8.36. The standard InChI is InChI=1S/C20H29N5O/c1-2-4-18-13-19(23-22-18)20(26)25-10-3-9-24(11-12-25)15-17-7-5-16(14-21)6-8-17/h5-8,18-19,22-23H,2-4,9-13,15H2,1H3. The highest BCUT2D eigenvalue weighted by molar-refractivity contribution is 5.82. The molecule has 0 bridgehead atoms. The van der Waals surface area contributed by atoms with Gasteiger partial charge in [0.05, 0.1) is 11.6 Å². The molecule has 2 atom stereocenters. The van der Waals surface area contributed by atoms with Crippen molar-refractivity contribution in [2.24, 2.45) is 0 Å². The second-order valence-corrected chi connectivity index (χ2v) is 7.33. The van der Waals surface area contributed by atoms with E-state index in [4.69, 9.17) is 5.26 Å². The molecule has 3 rings (SSSR count). The molecule has 2 aliphatic rings. The van der Waals surface area contributed by atoms with Gasteiger partial charge in [0.1, 0.15) is 6.04 Å². The van der Waals surface area contributed by atoms with Gasteiger partial charge in [-0.15, -0.1) is 0 Å². The number of amides is 1. The SMILES string of the molecule is CCCC1CC(C(=O)N2CCCN(Cc3ccc(C#N)cc3)CC2)NN1. The maximum absolute atomic E-state index is 12.8. The first-order valence-electron chi connectivity index (χ1n) is 9.71. The minimum atomic E-state index is -0.0865. The van der Waals surface area contributed by atoms with E-state index < -0.39 is 0 Å². The summed E-state index contributed by atoms with van der Waals surface area (Å²) in [7, 11) is 0. The molecule has 6 nitrogen and oxygen atoms in total. The maximum atomic E-state index is 12.8. The number of hydrogen-bond acceptors (Lipinski definition) is 5. The van der Waals surface area contributed by atoms with Crippen LogP contribution in [0.4, 0.5) is 0 Å². The van der Waals surface area contributed by atoms with E-state index in [0.29, 0.717) is 11.6 Å². The average molecular weight is 355 g/mol. The van der Waals surface area contributed by atoms with Crippen molar-refractivity contribution in [2.75, 3.05) is 26.2 Å². The zero-order valence-corrected chi connectivity index (χ0v) is 15.6. The zero-order valence-electron chi connectivity index (χ0n) is 15.6. The monoisotopic (exact) mass is 355 g/mol. The van der Waals surface area contributed by atoms with Gasteiger partial charge in [-0.2, -0.15) is 5.26 Å². The van der Waals surface area contributed by atoms with Crippen LogP contribution in [0.3, 0.4) is 0 Å². The van der Waals surface area contributed by atoms with Crippen molar-refractivity contribution in [1.82, 2.24) is 20.7 Å². The second-order valence-electron chi connectivity index (χ2n) is 7.33. The lowest BCUT2D eigenvalue weighted by Crippen LogP contribution is -2.46. The van der Waals surface area contributed by atoms with Crippen molar-refractivity contribution in [2.45, 2.75) is 51.2 Å². The Morgan fingerprint density at radius 3 is 2.73 bits per heavy atom. The molecule has 2 unspecified atom stereocenters. The van der Waals surface area contributed by atoms with E-state index in [-0.39, 0.29) is 11.9 Å². The van der Waals surface area contributed by atoms with Gasteiger partial charge in [0.25, 0.3) is 0 Å². The number of nitriles is 1. The lowest BCUT2D eigenvalue weighted by atomic mass is 10.1. The molecular weight excluding hydrogens is 326 g/mol. The van der Waals surface area contributed by atoms with Crippen LogP contribution >= 0.6 is 0 Å². The van der Waals surface area contributed by atoms with Crippen molar-refractivity contribution >= 4 is 5.91 Å². The predicted molar refractivity (Wildman–Crippen MR) is 101 cm³/mol. The molecule has 6 heteroatoms. The number of hydrazine groups is 1. The van der Waals surface area contributed by atoms with Gasteiger partial charge in [-0.3, -0.25) is 15.1 Å². The maximum Gasteiger partial charge on any atom is 0.241 e. The van der Waals surface area contributed by atoms with E-state index in [1.54, 1.807) is 0 Å². The smallest absolute Gasteiger partial charge is 0.241 e. The van der Waals surface area contributed by atoms with Gasteiger partial charge >= 0.3 is 0 Å². The first-order valence-corrected chi connectivity index (χ1v) is 9.71. The van der Waals surface area contributed by atoms with Crippen LogP contribution < -0.4 is 10.9 Å². The van der Waals surface area contributed by atoms with Gasteiger partial charge in [0, 0.05) is 38.8 Å². The number of benzene rings is 1. The van der Waals surface area contributed by atoms with E-state index in [1.807, 2.05) is 29.2 Å². The van der Waals surface area contributed by atoms with Crippen LogP contribution in [-0.2, 0) is 11.3 Å². The minimum Gasteiger partial charge on any atom is -0.340 e. The minimum absolute atomic E-state index is 0.0865. The molecule has 140 valence electrons. The molecule has 0 saturated carbocycles. The third kappa shape index (κ3) is 4.82. The Balaban J connectivity index is 1.50. The largest absolute Gasteiger partial charge is 0.340 e. The van der Waals surface area contributed by atoms with Crippen LogP contribution in [0.15, 0.2) is 24.3 Å². The van der Waals surface area contributed by atoms with E-state index in [1.165, 1.54) is 5.56 Å². The van der Waals surface area contributed by atoms with Crippen LogP contribution in [0.5, 0.6) is 0 Å². The van der Waals surface area contributed by atoms with E-state index >= 15 is 0 Å². The van der Waals surface area contributed by atoms with Gasteiger partial charge in [0.15, 0.2) is 0 Å². The number of nitrogens with zero attached hydrogens (tertiary/aromatic N) is 3. The first kappa shape index (κ1) is 18.8. The molecule has 0 radical (unpaired) electrons. The number of nitrogens with one attached hydrogen (secondary N) is 2. The third-order valence-corrected chi connectivity index (χ3v) is 5.31. The summed E-state index contributed by atoms with van der Waals surface area (Å²) in [6.07, 6.45) is 4.13. The van der Waals surface area contributed by atoms with E-state index in [0.717, 1.165) is 58.4 Å². The van der Waals surface area contributed by atoms with Crippen molar-refractivity contribution in [3.63, 3.8) is 0 Å². The summed E-state index contributed by atoms with van der Waals surface area (Å²) in [4.78, 5) is 17.2. The highest BCUT2D eigenvalue weighted by atomic mass is 16.2. The summed E-state index contributed by atoms with van der Waals surface area (Å²) >= 11 is 0. The van der Waals surface area contributed by atoms with E-state index in [9.17, 15) is 4.79 Å². The second kappa shape index (κ2) is 9.13. The highest BCUT2D eigenvalue weighted by Crippen LogP contribution is 2.15. The van der Waals surface area contributed by atoms with Crippen molar-refractivity contribution < 1.29 is 4.79 Å². The number of hydrogen-bond donors (Lipinski definition) is 2. The number of carbonyl (C=O) groups excluding carboxylic acids is 1. The molecule has 26 heavy (non-hydrogen) atoms. The average Bonchev–Trinajstić information content (AvgIpc) is 3.00. The van der Waals surface area contributed by atoms with Gasteiger partial charge < -0.3 is 4.90 Å². The number of rotatable bonds is 5. The van der Waals surface area contributed by atoms with Gasteiger partial charge in [-0.25, -0.2) is 5.43 Å². The summed E-state index contributed by atoms with van der Waals surface area (Å²) in [5.74, 6) is 0.233. The highest BCUT2D eigenvalue weighted by Gasteiger charge is 2.32. The van der Waals surface area contributed by atoms with Crippen molar-refractivity contribution in [3.05, 3.63) is 35.4 Å². The fourth-order valence-corrected chi connectivity index (χ4v) is 3.83. The molecule has 0 aromatic heterocycles. The van der Waals surface area contributed by atoms with Crippen LogP contribution in [-0.4, -0.2) is 54.0 Å². The zero-order chi connectivity index (χ0) is 18.4. The molecule has 2 saturated heterocycles. The summed E-state index contributed by atoms with van der Waals surface area (Å²) in [6, 6.07) is 10.3. The summed E-state index contributed by atoms with van der Waals surface area (Å²) in [5, 5.41) is 8.90. The van der Waals surface area contributed by atoms with Crippen molar-refractivity contribution in [1.29, 1.82) is 5.26 Å². The molecule has 2 fully saturated rings. The molecule has 2 aliphatic heterocycles. The van der Waals surface area contributed by atoms with Crippen LogP contribution in [0, 0.1) is 11.3 Å².